The van der Waals surface area contributed by atoms with Crippen molar-refractivity contribution in [2.24, 2.45) is 7.05 Å². The van der Waals surface area contributed by atoms with E-state index in [1.807, 2.05) is 0 Å². The van der Waals surface area contributed by atoms with Crippen molar-refractivity contribution in [2.45, 2.75) is 13.1 Å². The monoisotopic (exact) mass is 255 g/mol. The molecular formula is C10H11F2N5O. The summed E-state index contributed by atoms with van der Waals surface area (Å²) in [6.45, 7) is -2.62. The maximum absolute atomic E-state index is 12.5. The zero-order chi connectivity index (χ0) is 13.1. The highest BCUT2D eigenvalue weighted by atomic mass is 19.3. The van der Waals surface area contributed by atoms with Crippen LogP contribution in [0.1, 0.15) is 22.7 Å². The lowest BCUT2D eigenvalue weighted by molar-refractivity contribution is 0.0509. The number of halogens is 2. The van der Waals surface area contributed by atoms with Gasteiger partial charge in [-0.1, -0.05) is 0 Å². The number of carbonyl (C=O) groups is 1. The van der Waals surface area contributed by atoms with Crippen molar-refractivity contribution in [1.29, 1.82) is 0 Å². The molecule has 6 nitrogen and oxygen atoms in total. The summed E-state index contributed by atoms with van der Waals surface area (Å²) in [4.78, 5) is 11.7. The highest BCUT2D eigenvalue weighted by molar-refractivity contribution is 5.92. The quantitative estimate of drug-likeness (QED) is 0.884. The summed E-state index contributed by atoms with van der Waals surface area (Å²) < 4.78 is 27.0. The first-order chi connectivity index (χ1) is 8.59. The van der Waals surface area contributed by atoms with Crippen LogP contribution >= 0.6 is 0 Å². The van der Waals surface area contributed by atoms with Crippen LogP contribution in [0.25, 0.3) is 0 Å². The number of nitrogens with one attached hydrogen (secondary N) is 1. The molecule has 0 aliphatic carbocycles. The predicted octanol–water partition coefficient (Wildman–Crippen LogP) is 0.942. The van der Waals surface area contributed by atoms with Gasteiger partial charge in [-0.2, -0.15) is 23.7 Å². The van der Waals surface area contributed by atoms with E-state index in [0.717, 1.165) is 11.9 Å². The molecule has 0 aliphatic heterocycles. The molecule has 0 fully saturated rings. The Balaban J connectivity index is 2.04. The third-order valence-electron chi connectivity index (χ3n) is 2.44. The van der Waals surface area contributed by atoms with Crippen LogP contribution in [-0.4, -0.2) is 25.5 Å². The van der Waals surface area contributed by atoms with Gasteiger partial charge in [0.2, 0.25) is 0 Å². The number of rotatable bonds is 4. The molecular weight excluding hydrogens is 244 g/mol. The van der Waals surface area contributed by atoms with Crippen LogP contribution in [0.4, 0.5) is 8.78 Å². The molecule has 0 atom stereocenters. The average Bonchev–Trinajstić information content (AvgIpc) is 2.94. The molecule has 8 heteroatoms. The van der Waals surface area contributed by atoms with E-state index in [1.165, 1.54) is 6.07 Å². The number of alkyl halides is 2. The van der Waals surface area contributed by atoms with E-state index < -0.39 is 12.5 Å². The number of aromatic nitrogens is 4. The molecule has 0 spiro atoms. The largest absolute Gasteiger partial charge is 0.345 e. The fraction of sp³-hybridized carbons (Fsp3) is 0.300. The van der Waals surface area contributed by atoms with E-state index in [0.29, 0.717) is 4.68 Å². The Morgan fingerprint density at radius 3 is 2.72 bits per heavy atom. The van der Waals surface area contributed by atoms with Crippen molar-refractivity contribution >= 4 is 5.91 Å². The van der Waals surface area contributed by atoms with E-state index in [4.69, 9.17) is 0 Å². The van der Waals surface area contributed by atoms with Gasteiger partial charge in [0.05, 0.1) is 12.2 Å². The normalized spacial score (nSPS) is 10.9. The molecule has 0 bridgehead atoms. The zero-order valence-corrected chi connectivity index (χ0v) is 9.55. The highest BCUT2D eigenvalue weighted by Crippen LogP contribution is 2.11. The van der Waals surface area contributed by atoms with Crippen molar-refractivity contribution in [3.8, 4) is 0 Å². The summed E-state index contributed by atoms with van der Waals surface area (Å²) in [6.07, 6.45) is 2.75. The molecule has 1 amide bonds. The predicted molar refractivity (Wildman–Crippen MR) is 57.9 cm³/mol. The molecule has 0 saturated carbocycles. The maximum Gasteiger partial charge on any atom is 0.333 e. The third-order valence-corrected chi connectivity index (χ3v) is 2.44. The van der Waals surface area contributed by atoms with Gasteiger partial charge in [0, 0.05) is 19.4 Å². The number of hydrogen-bond donors (Lipinski definition) is 1. The molecule has 2 aromatic heterocycles. The molecule has 0 aromatic carbocycles. The standard InChI is InChI=1S/C10H11F2N5O/c1-16-7(2-4-14-16)6-13-9(18)8-3-5-15-17(8)10(11)12/h2-5,10H,6H2,1H3,(H,13,18). The Morgan fingerprint density at radius 1 is 1.39 bits per heavy atom. The minimum absolute atomic E-state index is 0.174. The molecule has 18 heavy (non-hydrogen) atoms. The van der Waals surface area contributed by atoms with Gasteiger partial charge in [0.15, 0.2) is 0 Å². The van der Waals surface area contributed by atoms with Gasteiger partial charge in [0.1, 0.15) is 5.69 Å². The Kier molecular flexibility index (Phi) is 3.35. The topological polar surface area (TPSA) is 64.7 Å². The van der Waals surface area contributed by atoms with Gasteiger partial charge < -0.3 is 5.32 Å². The van der Waals surface area contributed by atoms with E-state index in [2.05, 4.69) is 15.5 Å². The van der Waals surface area contributed by atoms with Crippen LogP contribution in [-0.2, 0) is 13.6 Å². The maximum atomic E-state index is 12.5. The van der Waals surface area contributed by atoms with E-state index >= 15 is 0 Å². The molecule has 0 unspecified atom stereocenters. The average molecular weight is 255 g/mol. The third kappa shape index (κ3) is 2.36. The SMILES string of the molecule is Cn1nccc1CNC(=O)c1ccnn1C(F)F. The number of carbonyl (C=O) groups excluding carboxylic acids is 1. The Bertz CT molecular complexity index is 548. The van der Waals surface area contributed by atoms with Crippen molar-refractivity contribution in [3.05, 3.63) is 35.9 Å². The highest BCUT2D eigenvalue weighted by Gasteiger charge is 2.17. The van der Waals surface area contributed by atoms with Crippen molar-refractivity contribution in [2.75, 3.05) is 0 Å². The van der Waals surface area contributed by atoms with E-state index in [1.54, 1.807) is 24.0 Å². The molecule has 2 aromatic rings. The summed E-state index contributed by atoms with van der Waals surface area (Å²) in [7, 11) is 1.73. The molecule has 2 rings (SSSR count). The van der Waals surface area contributed by atoms with Gasteiger partial charge in [-0.05, 0) is 12.1 Å². The molecule has 0 aliphatic rings. The minimum Gasteiger partial charge on any atom is -0.345 e. The first kappa shape index (κ1) is 12.2. The summed E-state index contributed by atoms with van der Waals surface area (Å²) in [5, 5.41) is 9.85. The van der Waals surface area contributed by atoms with Crippen molar-refractivity contribution < 1.29 is 13.6 Å². The number of hydrogen-bond acceptors (Lipinski definition) is 3. The fourth-order valence-electron chi connectivity index (χ4n) is 1.49. The number of amides is 1. The summed E-state index contributed by atoms with van der Waals surface area (Å²) >= 11 is 0. The summed E-state index contributed by atoms with van der Waals surface area (Å²) in [5.41, 5.74) is 0.596. The van der Waals surface area contributed by atoms with Gasteiger partial charge in [-0.25, -0.2) is 0 Å². The first-order valence-corrected chi connectivity index (χ1v) is 5.16. The van der Waals surface area contributed by atoms with Gasteiger partial charge in [-0.15, -0.1) is 0 Å². The molecule has 1 N–H and O–H groups in total. The van der Waals surface area contributed by atoms with Crippen LogP contribution in [0.5, 0.6) is 0 Å². The van der Waals surface area contributed by atoms with Crippen LogP contribution in [0.2, 0.25) is 0 Å². The summed E-state index contributed by atoms with van der Waals surface area (Å²) in [6, 6.07) is 2.97. The number of nitrogens with zero attached hydrogens (tertiary/aromatic N) is 4. The smallest absolute Gasteiger partial charge is 0.333 e. The molecule has 2 heterocycles. The van der Waals surface area contributed by atoms with Gasteiger partial charge in [0.25, 0.3) is 5.91 Å². The van der Waals surface area contributed by atoms with Crippen molar-refractivity contribution in [3.63, 3.8) is 0 Å². The number of aryl methyl sites for hydroxylation is 1. The van der Waals surface area contributed by atoms with Gasteiger partial charge >= 0.3 is 6.55 Å². The summed E-state index contributed by atoms with van der Waals surface area (Å²) in [5.74, 6) is -0.603. The zero-order valence-electron chi connectivity index (χ0n) is 9.55. The van der Waals surface area contributed by atoms with Gasteiger partial charge in [-0.3, -0.25) is 9.48 Å². The first-order valence-electron chi connectivity index (χ1n) is 5.16. The molecule has 0 radical (unpaired) electrons. The van der Waals surface area contributed by atoms with Crippen LogP contribution in [0.15, 0.2) is 24.5 Å². The second-order valence-corrected chi connectivity index (χ2v) is 3.57. The van der Waals surface area contributed by atoms with Crippen molar-refractivity contribution in [1.82, 2.24) is 24.9 Å². The lowest BCUT2D eigenvalue weighted by Crippen LogP contribution is -2.27. The van der Waals surface area contributed by atoms with E-state index in [-0.39, 0.29) is 12.2 Å². The second-order valence-electron chi connectivity index (χ2n) is 3.57. The fourth-order valence-corrected chi connectivity index (χ4v) is 1.49. The molecule has 96 valence electrons. The van der Waals surface area contributed by atoms with E-state index in [9.17, 15) is 13.6 Å². The van der Waals surface area contributed by atoms with Crippen LogP contribution < -0.4 is 5.32 Å². The molecule has 0 saturated heterocycles. The van der Waals surface area contributed by atoms with Crippen LogP contribution in [0.3, 0.4) is 0 Å². The Labute approximate surface area is 101 Å². The minimum atomic E-state index is -2.84. The Morgan fingerprint density at radius 2 is 2.11 bits per heavy atom. The Hall–Kier alpha value is -2.25. The lowest BCUT2D eigenvalue weighted by atomic mass is 10.3. The second kappa shape index (κ2) is 4.94. The van der Waals surface area contributed by atoms with Crippen LogP contribution in [0, 0.1) is 0 Å². The lowest BCUT2D eigenvalue weighted by Gasteiger charge is -2.07.